The highest BCUT2D eigenvalue weighted by Crippen LogP contribution is 2.27. The molecule has 0 fully saturated rings. The van der Waals surface area contributed by atoms with Gasteiger partial charge in [-0.3, -0.25) is 0 Å². The van der Waals surface area contributed by atoms with Crippen LogP contribution in [0.4, 0.5) is 0 Å². The van der Waals surface area contributed by atoms with Gasteiger partial charge >= 0.3 is 0 Å². The SMILES string of the molecule is COc1ccc2cc(C(O)C(C)S(C)(=O)=O)ccc2c1. The summed E-state index contributed by atoms with van der Waals surface area (Å²) in [5, 5.41) is 11.3. The first-order valence-electron chi connectivity index (χ1n) is 6.27. The maximum absolute atomic E-state index is 11.5. The van der Waals surface area contributed by atoms with E-state index in [4.69, 9.17) is 4.74 Å². The molecular weight excluding hydrogens is 276 g/mol. The molecule has 5 heteroatoms. The summed E-state index contributed by atoms with van der Waals surface area (Å²) in [6, 6.07) is 11.0. The third-order valence-electron chi connectivity index (χ3n) is 3.53. The number of aliphatic hydroxyl groups is 1. The van der Waals surface area contributed by atoms with Gasteiger partial charge in [-0.2, -0.15) is 0 Å². The fraction of sp³-hybridized carbons (Fsp3) is 0.333. The molecule has 2 rings (SSSR count). The van der Waals surface area contributed by atoms with Crippen molar-refractivity contribution in [1.82, 2.24) is 0 Å². The van der Waals surface area contributed by atoms with Crippen molar-refractivity contribution >= 4 is 20.6 Å². The summed E-state index contributed by atoms with van der Waals surface area (Å²) in [6.45, 7) is 1.51. The van der Waals surface area contributed by atoms with E-state index in [1.165, 1.54) is 6.92 Å². The van der Waals surface area contributed by atoms with Gasteiger partial charge in [-0.25, -0.2) is 8.42 Å². The summed E-state index contributed by atoms with van der Waals surface area (Å²) in [7, 11) is -1.68. The molecule has 108 valence electrons. The molecule has 0 heterocycles. The number of methoxy groups -OCH3 is 1. The van der Waals surface area contributed by atoms with Gasteiger partial charge in [-0.05, 0) is 41.5 Å². The molecule has 2 aromatic carbocycles. The average molecular weight is 294 g/mol. The van der Waals surface area contributed by atoms with Crippen molar-refractivity contribution in [1.29, 1.82) is 0 Å². The zero-order valence-corrected chi connectivity index (χ0v) is 12.5. The fourth-order valence-corrected chi connectivity index (χ4v) is 2.68. The number of benzene rings is 2. The van der Waals surface area contributed by atoms with Crippen LogP contribution in [0.2, 0.25) is 0 Å². The van der Waals surface area contributed by atoms with Crippen LogP contribution >= 0.6 is 0 Å². The Morgan fingerprint density at radius 1 is 1.10 bits per heavy atom. The lowest BCUT2D eigenvalue weighted by molar-refractivity contribution is 0.176. The molecule has 2 unspecified atom stereocenters. The van der Waals surface area contributed by atoms with Gasteiger partial charge < -0.3 is 9.84 Å². The first-order chi connectivity index (χ1) is 9.32. The fourth-order valence-electron chi connectivity index (χ4n) is 2.06. The van der Waals surface area contributed by atoms with Crippen molar-refractivity contribution in [2.75, 3.05) is 13.4 Å². The zero-order chi connectivity index (χ0) is 14.9. The Balaban J connectivity index is 2.42. The Labute approximate surface area is 118 Å². The summed E-state index contributed by atoms with van der Waals surface area (Å²) >= 11 is 0. The molecule has 1 N–H and O–H groups in total. The second kappa shape index (κ2) is 5.42. The summed E-state index contributed by atoms with van der Waals surface area (Å²) in [6.07, 6.45) is 0.101. The van der Waals surface area contributed by atoms with Crippen LogP contribution in [-0.2, 0) is 9.84 Å². The molecule has 0 bridgehead atoms. The zero-order valence-electron chi connectivity index (χ0n) is 11.7. The van der Waals surface area contributed by atoms with E-state index in [-0.39, 0.29) is 0 Å². The Hall–Kier alpha value is -1.59. The quantitative estimate of drug-likeness (QED) is 0.940. The monoisotopic (exact) mass is 294 g/mol. The van der Waals surface area contributed by atoms with Gasteiger partial charge in [0, 0.05) is 6.26 Å². The maximum Gasteiger partial charge on any atom is 0.152 e. The minimum atomic E-state index is -3.28. The predicted molar refractivity (Wildman–Crippen MR) is 79.8 cm³/mol. The van der Waals surface area contributed by atoms with Crippen LogP contribution < -0.4 is 4.74 Å². The highest BCUT2D eigenvalue weighted by molar-refractivity contribution is 7.91. The minimum absolute atomic E-state index is 0.598. The van der Waals surface area contributed by atoms with Crippen LogP contribution in [0.3, 0.4) is 0 Å². The van der Waals surface area contributed by atoms with Gasteiger partial charge in [0.2, 0.25) is 0 Å². The molecule has 2 aromatic rings. The smallest absolute Gasteiger partial charge is 0.152 e. The van der Waals surface area contributed by atoms with Crippen molar-refractivity contribution in [3.8, 4) is 5.75 Å². The molecule has 0 saturated carbocycles. The van der Waals surface area contributed by atoms with E-state index < -0.39 is 21.2 Å². The Kier molecular flexibility index (Phi) is 4.01. The topological polar surface area (TPSA) is 63.6 Å². The second-order valence-corrected chi connectivity index (χ2v) is 7.35. The van der Waals surface area contributed by atoms with Crippen LogP contribution in [-0.4, -0.2) is 32.1 Å². The molecule has 0 aliphatic carbocycles. The van der Waals surface area contributed by atoms with Gasteiger partial charge in [-0.15, -0.1) is 0 Å². The summed E-state index contributed by atoms with van der Waals surface area (Å²) < 4.78 is 28.2. The lowest BCUT2D eigenvalue weighted by Gasteiger charge is -2.18. The average Bonchev–Trinajstić information content (AvgIpc) is 2.43. The van der Waals surface area contributed by atoms with Gasteiger partial charge in [0.15, 0.2) is 9.84 Å². The van der Waals surface area contributed by atoms with E-state index in [9.17, 15) is 13.5 Å². The molecule has 0 aromatic heterocycles. The Bertz CT molecular complexity index is 722. The lowest BCUT2D eigenvalue weighted by atomic mass is 10.0. The van der Waals surface area contributed by atoms with E-state index in [0.717, 1.165) is 22.8 Å². The Morgan fingerprint density at radius 2 is 1.70 bits per heavy atom. The van der Waals surface area contributed by atoms with Crippen molar-refractivity contribution < 1.29 is 18.3 Å². The number of sulfone groups is 1. The minimum Gasteiger partial charge on any atom is -0.497 e. The maximum atomic E-state index is 11.5. The van der Waals surface area contributed by atoms with Crippen molar-refractivity contribution in [3.05, 3.63) is 42.0 Å². The summed E-state index contributed by atoms with van der Waals surface area (Å²) in [4.78, 5) is 0. The van der Waals surface area contributed by atoms with E-state index in [0.29, 0.717) is 5.56 Å². The van der Waals surface area contributed by atoms with Crippen LogP contribution in [0.1, 0.15) is 18.6 Å². The number of rotatable bonds is 4. The van der Waals surface area contributed by atoms with Crippen LogP contribution in [0.5, 0.6) is 5.75 Å². The lowest BCUT2D eigenvalue weighted by Crippen LogP contribution is -2.24. The molecule has 0 aliphatic heterocycles. The first-order valence-corrected chi connectivity index (χ1v) is 8.23. The highest BCUT2D eigenvalue weighted by Gasteiger charge is 2.25. The highest BCUT2D eigenvalue weighted by atomic mass is 32.2. The Morgan fingerprint density at radius 3 is 2.30 bits per heavy atom. The van der Waals surface area contributed by atoms with Crippen LogP contribution in [0, 0.1) is 0 Å². The number of fused-ring (bicyclic) bond motifs is 1. The number of aliphatic hydroxyl groups excluding tert-OH is 1. The predicted octanol–water partition coefficient (Wildman–Crippen LogP) is 2.31. The molecule has 0 saturated heterocycles. The molecule has 0 amide bonds. The molecule has 2 atom stereocenters. The van der Waals surface area contributed by atoms with Crippen LogP contribution in [0.25, 0.3) is 10.8 Å². The van der Waals surface area contributed by atoms with Crippen molar-refractivity contribution in [2.24, 2.45) is 0 Å². The van der Waals surface area contributed by atoms with E-state index >= 15 is 0 Å². The summed E-state index contributed by atoms with van der Waals surface area (Å²) in [5.41, 5.74) is 0.598. The van der Waals surface area contributed by atoms with Crippen molar-refractivity contribution in [3.63, 3.8) is 0 Å². The van der Waals surface area contributed by atoms with Gasteiger partial charge in [-0.1, -0.05) is 18.2 Å². The first kappa shape index (κ1) is 14.8. The molecule has 0 radical (unpaired) electrons. The standard InChI is InChI=1S/C15H18O4S/c1-10(20(3,17)18)15(16)13-5-4-12-9-14(19-2)7-6-11(12)8-13/h4-10,15-16H,1-3H3. The third-order valence-corrected chi connectivity index (χ3v) is 5.14. The molecule has 0 spiro atoms. The van der Waals surface area contributed by atoms with Crippen molar-refractivity contribution in [2.45, 2.75) is 18.3 Å². The number of hydrogen-bond acceptors (Lipinski definition) is 4. The third kappa shape index (κ3) is 2.94. The summed E-state index contributed by atoms with van der Waals surface area (Å²) in [5.74, 6) is 0.760. The van der Waals surface area contributed by atoms with E-state index in [1.807, 2.05) is 24.3 Å². The van der Waals surface area contributed by atoms with E-state index in [2.05, 4.69) is 0 Å². The molecule has 0 aliphatic rings. The van der Waals surface area contributed by atoms with Gasteiger partial charge in [0.05, 0.1) is 18.5 Å². The number of ether oxygens (including phenoxy) is 1. The van der Waals surface area contributed by atoms with Crippen LogP contribution in [0.15, 0.2) is 36.4 Å². The number of hydrogen-bond donors (Lipinski definition) is 1. The largest absolute Gasteiger partial charge is 0.497 e. The normalized spacial score (nSPS) is 15.0. The second-order valence-electron chi connectivity index (χ2n) is 4.95. The van der Waals surface area contributed by atoms with Gasteiger partial charge in [0.25, 0.3) is 0 Å². The van der Waals surface area contributed by atoms with Gasteiger partial charge in [0.1, 0.15) is 5.75 Å². The van der Waals surface area contributed by atoms with E-state index in [1.54, 1.807) is 19.2 Å². The molecule has 20 heavy (non-hydrogen) atoms. The molecular formula is C15H18O4S. The molecule has 4 nitrogen and oxygen atoms in total.